The Kier molecular flexibility index (Phi) is 9.05. The molecule has 260 valence electrons. The monoisotopic (exact) mass is 669 g/mol. The van der Waals surface area contributed by atoms with Crippen molar-refractivity contribution in [1.29, 1.82) is 0 Å². The molecule has 3 aromatic carbocycles. The van der Waals surface area contributed by atoms with E-state index in [4.69, 9.17) is 15.2 Å². The van der Waals surface area contributed by atoms with E-state index in [1.165, 1.54) is 12.5 Å². The standard InChI is InChI=1S/C40H48FN3O5/c1-39(15-6-16-39)23-43-37(46)34-25-11-12-26(19-25)35(34)44-36(45)30-20-33(31(41)21-32(30)42)49-28-13-17-40(2,18-14-28)38(47)48-22-27-9-5-8-24-7-3-4-10-29(24)27/h3-5,7-10,20-21,25-26,28,34-35H,6,11-19,22-23,42H2,1-2H3,(H,43,46)(H,44,45)/t25-,26+,28?,34+,35-,40?/m1/s1. The van der Waals surface area contributed by atoms with E-state index >= 15 is 4.39 Å². The molecule has 0 saturated heterocycles. The van der Waals surface area contributed by atoms with Gasteiger partial charge < -0.3 is 25.8 Å². The smallest absolute Gasteiger partial charge is 0.312 e. The molecular weight excluding hydrogens is 621 g/mol. The highest BCUT2D eigenvalue weighted by atomic mass is 19.1. The molecule has 8 nitrogen and oxygen atoms in total. The van der Waals surface area contributed by atoms with Gasteiger partial charge in [0.25, 0.3) is 5.91 Å². The first-order valence-corrected chi connectivity index (χ1v) is 18.0. The van der Waals surface area contributed by atoms with E-state index in [1.807, 2.05) is 49.4 Å². The van der Waals surface area contributed by atoms with Gasteiger partial charge in [0, 0.05) is 24.3 Å². The largest absolute Gasteiger partial charge is 0.487 e. The van der Waals surface area contributed by atoms with Crippen LogP contribution in [0.2, 0.25) is 0 Å². The van der Waals surface area contributed by atoms with Crippen LogP contribution in [0.5, 0.6) is 5.75 Å². The van der Waals surface area contributed by atoms with Gasteiger partial charge in [0.1, 0.15) is 6.61 Å². The number of amides is 2. The molecule has 4 aliphatic carbocycles. The second kappa shape index (κ2) is 13.3. The summed E-state index contributed by atoms with van der Waals surface area (Å²) in [4.78, 5) is 40.3. The number of nitrogens with two attached hydrogens (primary N) is 1. The topological polar surface area (TPSA) is 120 Å². The Morgan fingerprint density at radius 3 is 2.43 bits per heavy atom. The summed E-state index contributed by atoms with van der Waals surface area (Å²) in [5.74, 6) is -1.13. The molecular formula is C40H48FN3O5. The number of rotatable bonds is 10. The number of hydrogen-bond donors (Lipinski definition) is 3. The van der Waals surface area contributed by atoms with Crippen molar-refractivity contribution < 1.29 is 28.2 Å². The summed E-state index contributed by atoms with van der Waals surface area (Å²) in [5, 5.41) is 8.47. The molecule has 0 unspecified atom stereocenters. The number of hydrogen-bond acceptors (Lipinski definition) is 6. The van der Waals surface area contributed by atoms with Gasteiger partial charge in [-0.2, -0.15) is 0 Å². The highest BCUT2D eigenvalue weighted by Crippen LogP contribution is 2.49. The fourth-order valence-corrected chi connectivity index (χ4v) is 8.80. The number of fused-ring (bicyclic) bond motifs is 3. The maximum absolute atomic E-state index is 15.1. The lowest BCUT2D eigenvalue weighted by molar-refractivity contribution is -0.159. The third-order valence-electron chi connectivity index (χ3n) is 12.2. The Hall–Kier alpha value is -4.14. The number of carbonyl (C=O) groups is 3. The number of benzene rings is 3. The van der Waals surface area contributed by atoms with Crippen molar-refractivity contribution in [3.63, 3.8) is 0 Å². The zero-order valence-electron chi connectivity index (χ0n) is 28.6. The molecule has 3 aromatic rings. The summed E-state index contributed by atoms with van der Waals surface area (Å²) in [6.07, 6.45) is 8.13. The van der Waals surface area contributed by atoms with E-state index in [9.17, 15) is 14.4 Å². The molecule has 4 fully saturated rings. The first kappa shape index (κ1) is 33.4. The summed E-state index contributed by atoms with van der Waals surface area (Å²) in [5.41, 5.74) is 6.79. The van der Waals surface area contributed by atoms with Crippen molar-refractivity contribution in [2.75, 3.05) is 12.3 Å². The minimum absolute atomic E-state index is 0.0171. The first-order chi connectivity index (χ1) is 23.5. The van der Waals surface area contributed by atoms with E-state index in [1.54, 1.807) is 0 Å². The van der Waals surface area contributed by atoms with Gasteiger partial charge in [-0.15, -0.1) is 0 Å². The number of nitrogens with one attached hydrogen (secondary N) is 2. The van der Waals surface area contributed by atoms with Gasteiger partial charge in [-0.25, -0.2) is 4.39 Å². The number of carbonyl (C=O) groups excluding carboxylic acids is 3. The predicted octanol–water partition coefficient (Wildman–Crippen LogP) is 7.08. The highest BCUT2D eigenvalue weighted by molar-refractivity contribution is 6.00. The lowest BCUT2D eigenvalue weighted by Gasteiger charge is -2.39. The molecule has 0 aliphatic heterocycles. The third-order valence-corrected chi connectivity index (χ3v) is 12.2. The molecule has 0 aromatic heterocycles. The normalized spacial score (nSPS) is 28.4. The molecule has 0 heterocycles. The molecule has 4 aliphatic rings. The molecule has 7 rings (SSSR count). The van der Waals surface area contributed by atoms with Crippen molar-refractivity contribution >= 4 is 34.2 Å². The van der Waals surface area contributed by atoms with Gasteiger partial charge >= 0.3 is 5.97 Å². The summed E-state index contributed by atoms with van der Waals surface area (Å²) >= 11 is 0. The maximum Gasteiger partial charge on any atom is 0.312 e. The molecule has 4 atom stereocenters. The van der Waals surface area contributed by atoms with E-state index in [-0.39, 0.29) is 70.8 Å². The van der Waals surface area contributed by atoms with Crippen molar-refractivity contribution in [3.05, 3.63) is 71.5 Å². The molecule has 2 bridgehead atoms. The number of anilines is 1. The maximum atomic E-state index is 15.1. The first-order valence-electron chi connectivity index (χ1n) is 18.0. The van der Waals surface area contributed by atoms with Crippen LogP contribution < -0.4 is 21.1 Å². The molecule has 0 spiro atoms. The van der Waals surface area contributed by atoms with E-state index in [0.717, 1.165) is 54.5 Å². The Bertz CT molecular complexity index is 1740. The van der Waals surface area contributed by atoms with Gasteiger partial charge in [0.2, 0.25) is 5.91 Å². The predicted molar refractivity (Wildman–Crippen MR) is 186 cm³/mol. The number of esters is 1. The summed E-state index contributed by atoms with van der Waals surface area (Å²) < 4.78 is 27.1. The number of ether oxygens (including phenoxy) is 2. The van der Waals surface area contributed by atoms with Gasteiger partial charge in [-0.1, -0.05) is 55.8 Å². The molecule has 4 N–H and O–H groups in total. The van der Waals surface area contributed by atoms with Gasteiger partial charge in [0.05, 0.1) is 23.0 Å². The van der Waals surface area contributed by atoms with Gasteiger partial charge in [0.15, 0.2) is 11.6 Å². The van der Waals surface area contributed by atoms with Crippen LogP contribution in [-0.2, 0) is 20.9 Å². The number of nitrogen functional groups attached to an aromatic ring is 1. The van der Waals surface area contributed by atoms with Crippen molar-refractivity contribution in [3.8, 4) is 5.75 Å². The Labute approximate surface area is 287 Å². The molecule has 4 saturated carbocycles. The zero-order chi connectivity index (χ0) is 34.3. The second-order valence-electron chi connectivity index (χ2n) is 15.7. The average molecular weight is 670 g/mol. The Morgan fingerprint density at radius 1 is 0.939 bits per heavy atom. The quantitative estimate of drug-likeness (QED) is 0.157. The van der Waals surface area contributed by atoms with E-state index < -0.39 is 17.1 Å². The van der Waals surface area contributed by atoms with Crippen LogP contribution in [-0.4, -0.2) is 36.5 Å². The van der Waals surface area contributed by atoms with Crippen LogP contribution in [0.15, 0.2) is 54.6 Å². The zero-order valence-corrected chi connectivity index (χ0v) is 28.6. The fraction of sp³-hybridized carbons (Fsp3) is 0.525. The van der Waals surface area contributed by atoms with Gasteiger partial charge in [-0.3, -0.25) is 14.4 Å². The van der Waals surface area contributed by atoms with Crippen LogP contribution in [0.1, 0.15) is 94.0 Å². The Morgan fingerprint density at radius 2 is 1.67 bits per heavy atom. The third kappa shape index (κ3) is 6.73. The highest BCUT2D eigenvalue weighted by Gasteiger charge is 2.52. The minimum Gasteiger partial charge on any atom is -0.487 e. The minimum atomic E-state index is -0.672. The van der Waals surface area contributed by atoms with Crippen LogP contribution in [0.4, 0.5) is 10.1 Å². The fourth-order valence-electron chi connectivity index (χ4n) is 8.80. The summed E-state index contributed by atoms with van der Waals surface area (Å²) in [6, 6.07) is 16.2. The molecule has 49 heavy (non-hydrogen) atoms. The van der Waals surface area contributed by atoms with Crippen molar-refractivity contribution in [2.24, 2.45) is 28.6 Å². The second-order valence-corrected chi connectivity index (χ2v) is 15.7. The molecule has 0 radical (unpaired) electrons. The van der Waals surface area contributed by atoms with Crippen LogP contribution in [0.3, 0.4) is 0 Å². The summed E-state index contributed by atoms with van der Waals surface area (Å²) in [7, 11) is 0. The average Bonchev–Trinajstić information content (AvgIpc) is 3.69. The van der Waals surface area contributed by atoms with Crippen LogP contribution >= 0.6 is 0 Å². The Balaban J connectivity index is 0.959. The SMILES string of the molecule is CC1(CNC(=O)[C@H]2[C@@H]3CC[C@@H](C3)[C@H]2NC(=O)c2cc(OC3CCC(C)(C(=O)OCc4cccc5ccccc45)CC3)c(F)cc2N)CCC1. The van der Waals surface area contributed by atoms with Crippen molar-refractivity contribution in [1.82, 2.24) is 10.6 Å². The van der Waals surface area contributed by atoms with Crippen LogP contribution in [0.25, 0.3) is 10.8 Å². The lowest BCUT2D eigenvalue weighted by Crippen LogP contribution is -2.51. The van der Waals surface area contributed by atoms with Gasteiger partial charge in [-0.05, 0) is 104 Å². The number of halogens is 1. The summed E-state index contributed by atoms with van der Waals surface area (Å²) in [6.45, 7) is 4.99. The van der Waals surface area contributed by atoms with E-state index in [2.05, 4.69) is 17.6 Å². The van der Waals surface area contributed by atoms with E-state index in [0.29, 0.717) is 32.2 Å². The lowest BCUT2D eigenvalue weighted by atomic mass is 9.70. The molecule has 9 heteroatoms. The molecule has 2 amide bonds. The van der Waals surface area contributed by atoms with Crippen LogP contribution in [0, 0.1) is 34.4 Å². The van der Waals surface area contributed by atoms with Crippen molar-refractivity contribution in [2.45, 2.75) is 96.8 Å².